The van der Waals surface area contributed by atoms with Crippen LogP contribution in [-0.2, 0) is 7.05 Å². The van der Waals surface area contributed by atoms with Crippen LogP contribution in [0.25, 0.3) is 22.3 Å². The van der Waals surface area contributed by atoms with Crippen molar-refractivity contribution in [1.82, 2.24) is 25.0 Å². The Morgan fingerprint density at radius 3 is 2.81 bits per heavy atom. The Morgan fingerprint density at radius 2 is 2.04 bits per heavy atom. The Hall–Kier alpha value is -2.60. The molecule has 1 amide bonds. The molecule has 1 aliphatic rings. The maximum absolute atomic E-state index is 12.5. The zero-order chi connectivity index (χ0) is 18.8. The summed E-state index contributed by atoms with van der Waals surface area (Å²) < 4.78 is 1.76. The summed E-state index contributed by atoms with van der Waals surface area (Å²) in [4.78, 5) is 18.3. The lowest BCUT2D eigenvalue weighted by atomic mass is 9.99. The average Bonchev–Trinajstić information content (AvgIpc) is 3.26. The van der Waals surface area contributed by atoms with E-state index < -0.39 is 0 Å². The lowest BCUT2D eigenvalue weighted by Crippen LogP contribution is -2.39. The van der Waals surface area contributed by atoms with E-state index in [2.05, 4.69) is 39.4 Å². The minimum Gasteiger partial charge on any atom is -0.353 e. The van der Waals surface area contributed by atoms with Crippen LogP contribution in [-0.4, -0.2) is 51.8 Å². The second-order valence-corrected chi connectivity index (χ2v) is 7.59. The van der Waals surface area contributed by atoms with E-state index >= 15 is 0 Å². The Labute approximate surface area is 159 Å². The first-order valence-corrected chi connectivity index (χ1v) is 9.73. The summed E-state index contributed by atoms with van der Waals surface area (Å²) in [6.45, 7) is 6.13. The third kappa shape index (κ3) is 3.90. The molecule has 0 aliphatic carbocycles. The first-order valence-electron chi connectivity index (χ1n) is 9.73. The van der Waals surface area contributed by atoms with Gasteiger partial charge in [0.2, 0.25) is 0 Å². The van der Waals surface area contributed by atoms with Gasteiger partial charge in [-0.15, -0.1) is 0 Å². The van der Waals surface area contributed by atoms with E-state index in [4.69, 9.17) is 0 Å². The van der Waals surface area contributed by atoms with Gasteiger partial charge >= 0.3 is 0 Å². The number of aromatic nitrogens is 3. The zero-order valence-electron chi connectivity index (χ0n) is 16.0. The van der Waals surface area contributed by atoms with Crippen molar-refractivity contribution in [3.05, 3.63) is 42.1 Å². The van der Waals surface area contributed by atoms with Crippen molar-refractivity contribution in [3.8, 4) is 11.4 Å². The molecule has 1 aromatic carbocycles. The second-order valence-electron chi connectivity index (χ2n) is 7.59. The number of benzene rings is 1. The van der Waals surface area contributed by atoms with Gasteiger partial charge in [-0.2, -0.15) is 5.10 Å². The van der Waals surface area contributed by atoms with E-state index in [1.165, 1.54) is 12.8 Å². The maximum Gasteiger partial charge on any atom is 0.271 e. The number of para-hydroxylation sites is 1. The molecule has 1 saturated heterocycles. The number of fused-ring (bicyclic) bond motifs is 1. The lowest BCUT2D eigenvalue weighted by Gasteiger charge is -2.30. The third-order valence-electron chi connectivity index (χ3n) is 5.51. The van der Waals surface area contributed by atoms with Gasteiger partial charge < -0.3 is 15.2 Å². The van der Waals surface area contributed by atoms with Gasteiger partial charge in [0.25, 0.3) is 5.91 Å². The minimum absolute atomic E-state index is 0.113. The van der Waals surface area contributed by atoms with Crippen LogP contribution in [0.2, 0.25) is 0 Å². The van der Waals surface area contributed by atoms with E-state index in [0.717, 1.165) is 47.8 Å². The molecule has 0 atom stereocenters. The SMILES string of the molecule is CC1CCN(CCNC(=O)c2cc(-c3cc4ccccc4[nH]3)n(C)n2)CC1. The topological polar surface area (TPSA) is 66.0 Å². The third-order valence-corrected chi connectivity index (χ3v) is 5.51. The smallest absolute Gasteiger partial charge is 0.271 e. The normalized spacial score (nSPS) is 16.1. The summed E-state index contributed by atoms with van der Waals surface area (Å²) in [5, 5.41) is 8.56. The molecular weight excluding hydrogens is 338 g/mol. The molecule has 3 heterocycles. The molecular formula is C21H27N5O. The predicted octanol–water partition coefficient (Wildman–Crippen LogP) is 3.03. The van der Waals surface area contributed by atoms with Gasteiger partial charge in [0.15, 0.2) is 5.69 Å². The molecule has 6 heteroatoms. The number of carbonyl (C=O) groups is 1. The standard InChI is InChI=1S/C21H27N5O/c1-15-7-10-26(11-8-15)12-9-22-21(27)19-14-20(25(2)24-19)18-13-16-5-3-4-6-17(16)23-18/h3-6,13-15,23H,7-12H2,1-2H3,(H,22,27). The first-order chi connectivity index (χ1) is 13.1. The molecule has 1 fully saturated rings. The van der Waals surface area contributed by atoms with Gasteiger partial charge in [0.05, 0.1) is 11.4 Å². The summed E-state index contributed by atoms with van der Waals surface area (Å²) in [5.74, 6) is 0.714. The van der Waals surface area contributed by atoms with Gasteiger partial charge in [0.1, 0.15) is 0 Å². The number of H-pyrrole nitrogens is 1. The van der Waals surface area contributed by atoms with E-state index in [1.54, 1.807) is 4.68 Å². The van der Waals surface area contributed by atoms with Crippen molar-refractivity contribution in [2.24, 2.45) is 13.0 Å². The minimum atomic E-state index is -0.113. The highest BCUT2D eigenvalue weighted by atomic mass is 16.1. The number of piperidine rings is 1. The van der Waals surface area contributed by atoms with Crippen molar-refractivity contribution >= 4 is 16.8 Å². The van der Waals surface area contributed by atoms with Gasteiger partial charge in [-0.05, 0) is 50.0 Å². The molecule has 0 radical (unpaired) electrons. The molecule has 3 aromatic rings. The molecule has 4 rings (SSSR count). The molecule has 0 saturated carbocycles. The molecule has 0 unspecified atom stereocenters. The van der Waals surface area contributed by atoms with E-state index in [1.807, 2.05) is 31.3 Å². The van der Waals surface area contributed by atoms with Crippen LogP contribution in [0.3, 0.4) is 0 Å². The van der Waals surface area contributed by atoms with E-state index in [-0.39, 0.29) is 5.91 Å². The Balaban J connectivity index is 1.39. The van der Waals surface area contributed by atoms with Gasteiger partial charge in [-0.1, -0.05) is 25.1 Å². The molecule has 0 bridgehead atoms. The Bertz CT molecular complexity index is 900. The maximum atomic E-state index is 12.5. The fourth-order valence-electron chi connectivity index (χ4n) is 3.75. The highest BCUT2D eigenvalue weighted by Gasteiger charge is 2.17. The second kappa shape index (κ2) is 7.56. The number of amides is 1. The monoisotopic (exact) mass is 365 g/mol. The van der Waals surface area contributed by atoms with Crippen molar-refractivity contribution < 1.29 is 4.79 Å². The number of likely N-dealkylation sites (tertiary alicyclic amines) is 1. The predicted molar refractivity (Wildman–Crippen MR) is 108 cm³/mol. The quantitative estimate of drug-likeness (QED) is 0.730. The highest BCUT2D eigenvalue weighted by molar-refractivity contribution is 5.94. The number of hydrogen-bond acceptors (Lipinski definition) is 3. The van der Waals surface area contributed by atoms with Crippen LogP contribution in [0.5, 0.6) is 0 Å². The van der Waals surface area contributed by atoms with Crippen LogP contribution in [0, 0.1) is 5.92 Å². The number of hydrogen-bond donors (Lipinski definition) is 2. The van der Waals surface area contributed by atoms with Crippen molar-refractivity contribution in [2.45, 2.75) is 19.8 Å². The zero-order valence-corrected chi connectivity index (χ0v) is 16.0. The molecule has 1 aliphatic heterocycles. The Morgan fingerprint density at radius 1 is 1.26 bits per heavy atom. The Kier molecular flexibility index (Phi) is 4.99. The number of rotatable bonds is 5. The number of aromatic amines is 1. The fourth-order valence-corrected chi connectivity index (χ4v) is 3.75. The fraction of sp³-hybridized carbons (Fsp3) is 0.429. The van der Waals surface area contributed by atoms with Crippen LogP contribution >= 0.6 is 0 Å². The van der Waals surface area contributed by atoms with Crippen molar-refractivity contribution in [3.63, 3.8) is 0 Å². The van der Waals surface area contributed by atoms with Gasteiger partial charge in [-0.3, -0.25) is 9.48 Å². The van der Waals surface area contributed by atoms with Gasteiger partial charge in [0, 0.05) is 31.0 Å². The number of nitrogens with one attached hydrogen (secondary N) is 2. The van der Waals surface area contributed by atoms with Crippen molar-refractivity contribution in [1.29, 1.82) is 0 Å². The summed E-state index contributed by atoms with van der Waals surface area (Å²) in [7, 11) is 1.87. The molecule has 0 spiro atoms. The van der Waals surface area contributed by atoms with Crippen LogP contribution in [0.1, 0.15) is 30.3 Å². The van der Waals surface area contributed by atoms with Crippen molar-refractivity contribution in [2.75, 3.05) is 26.2 Å². The largest absolute Gasteiger partial charge is 0.353 e. The number of nitrogens with zero attached hydrogens (tertiary/aromatic N) is 3. The summed E-state index contributed by atoms with van der Waals surface area (Å²) in [5.41, 5.74) is 3.41. The molecule has 2 N–H and O–H groups in total. The highest BCUT2D eigenvalue weighted by Crippen LogP contribution is 2.24. The molecule has 2 aromatic heterocycles. The first kappa shape index (κ1) is 17.8. The van der Waals surface area contributed by atoms with E-state index in [0.29, 0.717) is 12.2 Å². The van der Waals surface area contributed by atoms with Crippen LogP contribution < -0.4 is 5.32 Å². The van der Waals surface area contributed by atoms with E-state index in [9.17, 15) is 4.79 Å². The van der Waals surface area contributed by atoms with Crippen LogP contribution in [0.4, 0.5) is 0 Å². The molecule has 6 nitrogen and oxygen atoms in total. The summed E-state index contributed by atoms with van der Waals surface area (Å²) in [6, 6.07) is 12.1. The molecule has 27 heavy (non-hydrogen) atoms. The lowest BCUT2D eigenvalue weighted by molar-refractivity contribution is 0.0939. The van der Waals surface area contributed by atoms with Gasteiger partial charge in [-0.25, -0.2) is 0 Å². The number of aryl methyl sites for hydroxylation is 1. The summed E-state index contributed by atoms with van der Waals surface area (Å²) in [6.07, 6.45) is 2.50. The number of carbonyl (C=O) groups excluding carboxylic acids is 1. The van der Waals surface area contributed by atoms with Crippen LogP contribution in [0.15, 0.2) is 36.4 Å². The summed E-state index contributed by atoms with van der Waals surface area (Å²) >= 11 is 0. The molecule has 142 valence electrons. The average molecular weight is 365 g/mol.